The van der Waals surface area contributed by atoms with Gasteiger partial charge in [-0.3, -0.25) is 14.3 Å². The average molecular weight is 269 g/mol. The molecule has 0 saturated heterocycles. The molecule has 0 unspecified atom stereocenters. The Hall–Kier alpha value is -2.69. The Balaban J connectivity index is 2.12. The van der Waals surface area contributed by atoms with Gasteiger partial charge in [0.25, 0.3) is 0 Å². The first-order chi connectivity index (χ1) is 9.54. The van der Waals surface area contributed by atoms with E-state index in [1.54, 1.807) is 41.2 Å². The monoisotopic (exact) mass is 269 g/mol. The highest BCUT2D eigenvalue weighted by Gasteiger charge is 2.04. The molecule has 0 atom stereocenters. The molecule has 2 aromatic rings. The quantitative estimate of drug-likeness (QED) is 0.684. The van der Waals surface area contributed by atoms with Crippen molar-refractivity contribution in [2.75, 3.05) is 5.32 Å². The number of ketones is 1. The number of nitrogens with zero attached hydrogens (tertiary/aromatic N) is 2. The topological polar surface area (TPSA) is 64.0 Å². The van der Waals surface area contributed by atoms with Crippen molar-refractivity contribution in [1.29, 1.82) is 0 Å². The van der Waals surface area contributed by atoms with E-state index < -0.39 is 0 Å². The molecule has 1 aromatic heterocycles. The van der Waals surface area contributed by atoms with Crippen molar-refractivity contribution in [2.24, 2.45) is 7.05 Å². The average Bonchev–Trinajstić information content (AvgIpc) is 2.81. The van der Waals surface area contributed by atoms with E-state index >= 15 is 0 Å². The van der Waals surface area contributed by atoms with Crippen LogP contribution in [0.5, 0.6) is 0 Å². The van der Waals surface area contributed by atoms with Gasteiger partial charge in [-0.15, -0.1) is 0 Å². The Bertz CT molecular complexity index is 671. The third-order valence-electron chi connectivity index (χ3n) is 2.62. The Labute approximate surface area is 116 Å². The smallest absolute Gasteiger partial charge is 0.221 e. The summed E-state index contributed by atoms with van der Waals surface area (Å²) in [5.41, 5.74) is 1.99. The summed E-state index contributed by atoms with van der Waals surface area (Å²) in [6.07, 6.45) is 6.69. The van der Waals surface area contributed by atoms with Gasteiger partial charge in [0.2, 0.25) is 5.91 Å². The molecule has 0 aliphatic rings. The molecule has 0 bridgehead atoms. The first-order valence-corrected chi connectivity index (χ1v) is 6.13. The largest absolute Gasteiger partial charge is 0.326 e. The van der Waals surface area contributed by atoms with Crippen LogP contribution in [-0.4, -0.2) is 21.5 Å². The molecule has 0 saturated carbocycles. The van der Waals surface area contributed by atoms with Gasteiger partial charge in [0.15, 0.2) is 5.78 Å². The summed E-state index contributed by atoms with van der Waals surface area (Å²) in [5, 5.41) is 6.67. The van der Waals surface area contributed by atoms with Crippen LogP contribution < -0.4 is 5.32 Å². The summed E-state index contributed by atoms with van der Waals surface area (Å²) in [6.45, 7) is 1.43. The molecular weight excluding hydrogens is 254 g/mol. The number of carbonyl (C=O) groups excluding carboxylic acids is 2. The molecular formula is C15H15N3O2. The predicted molar refractivity (Wildman–Crippen MR) is 77.3 cm³/mol. The van der Waals surface area contributed by atoms with Crippen LogP contribution in [0.2, 0.25) is 0 Å². The number of carbonyl (C=O) groups is 2. The van der Waals surface area contributed by atoms with Gasteiger partial charge in [0.1, 0.15) is 0 Å². The van der Waals surface area contributed by atoms with Crippen molar-refractivity contribution in [3.63, 3.8) is 0 Å². The van der Waals surface area contributed by atoms with E-state index in [2.05, 4.69) is 10.4 Å². The zero-order chi connectivity index (χ0) is 14.5. The molecule has 102 valence electrons. The normalized spacial score (nSPS) is 10.7. The van der Waals surface area contributed by atoms with E-state index in [0.717, 1.165) is 5.56 Å². The standard InChI is InChI=1S/C15H15N3O2/c1-11(19)17-14-5-3-4-13(8-14)15(20)7-6-12-9-16-18(2)10-12/h3-10H,1-2H3,(H,17,19). The van der Waals surface area contributed by atoms with E-state index in [1.165, 1.54) is 13.0 Å². The first kappa shape index (κ1) is 13.7. The number of hydrogen-bond acceptors (Lipinski definition) is 3. The number of hydrogen-bond donors (Lipinski definition) is 1. The maximum atomic E-state index is 12.0. The van der Waals surface area contributed by atoms with Gasteiger partial charge in [-0.2, -0.15) is 5.10 Å². The summed E-state index contributed by atoms with van der Waals surface area (Å²) in [4.78, 5) is 23.0. The lowest BCUT2D eigenvalue weighted by atomic mass is 10.1. The lowest BCUT2D eigenvalue weighted by Gasteiger charge is -2.03. The molecule has 1 N–H and O–H groups in total. The van der Waals surface area contributed by atoms with Gasteiger partial charge < -0.3 is 5.32 Å². The van der Waals surface area contributed by atoms with E-state index in [4.69, 9.17) is 0 Å². The van der Waals surface area contributed by atoms with E-state index in [9.17, 15) is 9.59 Å². The summed E-state index contributed by atoms with van der Waals surface area (Å²) in [7, 11) is 1.82. The number of aryl methyl sites for hydroxylation is 1. The van der Waals surface area contributed by atoms with Crippen LogP contribution >= 0.6 is 0 Å². The third-order valence-corrected chi connectivity index (χ3v) is 2.62. The van der Waals surface area contributed by atoms with Gasteiger partial charge in [0.05, 0.1) is 6.20 Å². The summed E-state index contributed by atoms with van der Waals surface area (Å²) < 4.78 is 1.67. The van der Waals surface area contributed by atoms with Gasteiger partial charge in [-0.1, -0.05) is 12.1 Å². The molecule has 0 spiro atoms. The maximum absolute atomic E-state index is 12.0. The highest BCUT2D eigenvalue weighted by Crippen LogP contribution is 2.12. The van der Waals surface area contributed by atoms with Crippen molar-refractivity contribution in [3.05, 3.63) is 53.9 Å². The second-order valence-corrected chi connectivity index (χ2v) is 4.41. The van der Waals surface area contributed by atoms with Crippen molar-refractivity contribution in [3.8, 4) is 0 Å². The highest BCUT2D eigenvalue weighted by atomic mass is 16.1. The molecule has 5 heteroatoms. The molecule has 1 heterocycles. The summed E-state index contributed by atoms with van der Waals surface area (Å²) in [6, 6.07) is 6.83. The molecule has 20 heavy (non-hydrogen) atoms. The molecule has 0 aliphatic heterocycles. The van der Waals surface area contributed by atoms with Crippen LogP contribution in [-0.2, 0) is 11.8 Å². The van der Waals surface area contributed by atoms with Crippen molar-refractivity contribution in [2.45, 2.75) is 6.92 Å². The number of nitrogens with one attached hydrogen (secondary N) is 1. The van der Waals surface area contributed by atoms with Gasteiger partial charge in [-0.25, -0.2) is 0 Å². The second-order valence-electron chi connectivity index (χ2n) is 4.41. The Kier molecular flexibility index (Phi) is 4.10. The fraction of sp³-hybridized carbons (Fsp3) is 0.133. The molecule has 0 fully saturated rings. The minimum absolute atomic E-state index is 0.124. The van der Waals surface area contributed by atoms with E-state index in [-0.39, 0.29) is 11.7 Å². The summed E-state index contributed by atoms with van der Waals surface area (Å²) in [5.74, 6) is -0.290. The van der Waals surface area contributed by atoms with Crippen LogP contribution in [0, 0.1) is 0 Å². The number of anilines is 1. The predicted octanol–water partition coefficient (Wildman–Crippen LogP) is 2.27. The Morgan fingerprint density at radius 2 is 2.15 bits per heavy atom. The molecule has 2 rings (SSSR count). The molecule has 0 aliphatic carbocycles. The fourth-order valence-corrected chi connectivity index (χ4v) is 1.75. The minimum Gasteiger partial charge on any atom is -0.326 e. The number of rotatable bonds is 4. The molecule has 1 amide bonds. The van der Waals surface area contributed by atoms with Crippen LogP contribution in [0.1, 0.15) is 22.8 Å². The zero-order valence-electron chi connectivity index (χ0n) is 11.3. The number of allylic oxidation sites excluding steroid dienone is 1. The lowest BCUT2D eigenvalue weighted by molar-refractivity contribution is -0.114. The minimum atomic E-state index is -0.166. The van der Waals surface area contributed by atoms with Crippen molar-refractivity contribution >= 4 is 23.5 Å². The molecule has 1 aromatic carbocycles. The first-order valence-electron chi connectivity index (χ1n) is 6.13. The van der Waals surface area contributed by atoms with Crippen molar-refractivity contribution < 1.29 is 9.59 Å². The van der Waals surface area contributed by atoms with Crippen LogP contribution in [0.15, 0.2) is 42.7 Å². The van der Waals surface area contributed by atoms with Crippen LogP contribution in [0.4, 0.5) is 5.69 Å². The van der Waals surface area contributed by atoms with E-state index in [1.807, 2.05) is 13.2 Å². The Morgan fingerprint density at radius 1 is 1.35 bits per heavy atom. The highest BCUT2D eigenvalue weighted by molar-refractivity contribution is 6.07. The van der Waals surface area contributed by atoms with Crippen LogP contribution in [0.3, 0.4) is 0 Å². The SMILES string of the molecule is CC(=O)Nc1cccc(C(=O)C=Cc2cnn(C)c2)c1. The zero-order valence-corrected chi connectivity index (χ0v) is 11.3. The van der Waals surface area contributed by atoms with Crippen molar-refractivity contribution in [1.82, 2.24) is 9.78 Å². The Morgan fingerprint density at radius 3 is 2.80 bits per heavy atom. The van der Waals surface area contributed by atoms with Gasteiger partial charge >= 0.3 is 0 Å². The van der Waals surface area contributed by atoms with Gasteiger partial charge in [0, 0.05) is 37.0 Å². The lowest BCUT2D eigenvalue weighted by Crippen LogP contribution is -2.06. The maximum Gasteiger partial charge on any atom is 0.221 e. The molecule has 5 nitrogen and oxygen atoms in total. The number of amides is 1. The second kappa shape index (κ2) is 5.97. The number of benzene rings is 1. The number of aromatic nitrogens is 2. The van der Waals surface area contributed by atoms with Gasteiger partial charge in [-0.05, 0) is 24.3 Å². The van der Waals surface area contributed by atoms with Crippen LogP contribution in [0.25, 0.3) is 6.08 Å². The molecule has 0 radical (unpaired) electrons. The third kappa shape index (κ3) is 3.65. The summed E-state index contributed by atoms with van der Waals surface area (Å²) >= 11 is 0. The fourth-order valence-electron chi connectivity index (χ4n) is 1.75. The van der Waals surface area contributed by atoms with E-state index in [0.29, 0.717) is 11.3 Å².